The van der Waals surface area contributed by atoms with E-state index >= 15 is 0 Å². The summed E-state index contributed by atoms with van der Waals surface area (Å²) < 4.78 is 10.1. The number of methoxy groups -OCH3 is 1. The van der Waals surface area contributed by atoms with Gasteiger partial charge in [-0.1, -0.05) is 60.7 Å². The number of rotatable bonds is 7. The van der Waals surface area contributed by atoms with Gasteiger partial charge in [0.25, 0.3) is 0 Å². The Morgan fingerprint density at radius 1 is 1.07 bits per heavy atom. The van der Waals surface area contributed by atoms with Crippen molar-refractivity contribution in [3.8, 4) is 0 Å². The second kappa shape index (κ2) is 9.43. The minimum atomic E-state index is -1.18. The van der Waals surface area contributed by atoms with Gasteiger partial charge in [-0.15, -0.1) is 0 Å². The molecule has 0 saturated carbocycles. The molecule has 0 spiro atoms. The SMILES string of the molecule is COC(=O)[C@H](C)N1CC[C@](Cc2ccccc2)(NC(=O)OCc2ccccc2)C1=O. The molecule has 2 atom stereocenters. The van der Waals surface area contributed by atoms with Crippen molar-refractivity contribution in [1.29, 1.82) is 0 Å². The van der Waals surface area contributed by atoms with Crippen LogP contribution in [-0.4, -0.2) is 48.1 Å². The molecule has 2 amide bonds. The quantitative estimate of drug-likeness (QED) is 0.710. The third-order valence-electron chi connectivity index (χ3n) is 5.36. The van der Waals surface area contributed by atoms with Crippen LogP contribution in [0.25, 0.3) is 0 Å². The minimum absolute atomic E-state index is 0.102. The number of hydrogen-bond donors (Lipinski definition) is 1. The van der Waals surface area contributed by atoms with E-state index in [1.54, 1.807) is 6.92 Å². The summed E-state index contributed by atoms with van der Waals surface area (Å²) in [5.41, 5.74) is 0.572. The zero-order chi connectivity index (χ0) is 21.6. The maximum Gasteiger partial charge on any atom is 0.408 e. The van der Waals surface area contributed by atoms with Crippen molar-refractivity contribution in [2.75, 3.05) is 13.7 Å². The lowest BCUT2D eigenvalue weighted by Crippen LogP contribution is -2.57. The predicted molar refractivity (Wildman–Crippen MR) is 110 cm³/mol. The van der Waals surface area contributed by atoms with Crippen molar-refractivity contribution in [3.05, 3.63) is 71.8 Å². The number of esters is 1. The zero-order valence-corrected chi connectivity index (χ0v) is 17.2. The molecule has 158 valence electrons. The van der Waals surface area contributed by atoms with Crippen LogP contribution in [0.3, 0.4) is 0 Å². The number of carbonyl (C=O) groups is 3. The van der Waals surface area contributed by atoms with Gasteiger partial charge in [0, 0.05) is 13.0 Å². The topological polar surface area (TPSA) is 84.9 Å². The van der Waals surface area contributed by atoms with Crippen LogP contribution in [0.2, 0.25) is 0 Å². The van der Waals surface area contributed by atoms with Gasteiger partial charge < -0.3 is 19.7 Å². The average molecular weight is 410 g/mol. The van der Waals surface area contributed by atoms with Gasteiger partial charge in [-0.2, -0.15) is 0 Å². The van der Waals surface area contributed by atoms with Crippen LogP contribution in [0.5, 0.6) is 0 Å². The van der Waals surface area contributed by atoms with Gasteiger partial charge in [0.1, 0.15) is 18.2 Å². The van der Waals surface area contributed by atoms with Crippen LogP contribution in [-0.2, 0) is 32.1 Å². The molecule has 2 aromatic rings. The summed E-state index contributed by atoms with van der Waals surface area (Å²) in [7, 11) is 1.29. The third kappa shape index (κ3) is 4.79. The number of amides is 2. The Labute approximate surface area is 176 Å². The fourth-order valence-electron chi connectivity index (χ4n) is 3.69. The van der Waals surface area contributed by atoms with E-state index in [0.29, 0.717) is 19.4 Å². The lowest BCUT2D eigenvalue weighted by molar-refractivity contribution is -0.151. The van der Waals surface area contributed by atoms with E-state index in [1.165, 1.54) is 12.0 Å². The molecule has 7 nitrogen and oxygen atoms in total. The highest BCUT2D eigenvalue weighted by Crippen LogP contribution is 2.29. The van der Waals surface area contributed by atoms with E-state index in [9.17, 15) is 14.4 Å². The molecule has 30 heavy (non-hydrogen) atoms. The molecule has 3 rings (SSSR count). The number of carbonyl (C=O) groups excluding carboxylic acids is 3. The molecule has 0 aliphatic carbocycles. The second-order valence-corrected chi connectivity index (χ2v) is 7.38. The second-order valence-electron chi connectivity index (χ2n) is 7.38. The first-order chi connectivity index (χ1) is 14.4. The third-order valence-corrected chi connectivity index (χ3v) is 5.36. The lowest BCUT2D eigenvalue weighted by Gasteiger charge is -2.30. The van der Waals surface area contributed by atoms with Crippen molar-refractivity contribution in [1.82, 2.24) is 10.2 Å². The monoisotopic (exact) mass is 410 g/mol. The molecule has 1 aliphatic heterocycles. The highest BCUT2D eigenvalue weighted by Gasteiger charge is 2.50. The molecule has 1 saturated heterocycles. The van der Waals surface area contributed by atoms with E-state index in [0.717, 1.165) is 11.1 Å². The zero-order valence-electron chi connectivity index (χ0n) is 17.2. The highest BCUT2D eigenvalue weighted by molar-refractivity contribution is 5.95. The summed E-state index contributed by atoms with van der Waals surface area (Å²) in [4.78, 5) is 39.4. The summed E-state index contributed by atoms with van der Waals surface area (Å²) >= 11 is 0. The number of nitrogens with zero attached hydrogens (tertiary/aromatic N) is 1. The van der Waals surface area contributed by atoms with E-state index in [-0.39, 0.29) is 12.5 Å². The molecule has 1 N–H and O–H groups in total. The smallest absolute Gasteiger partial charge is 0.408 e. The largest absolute Gasteiger partial charge is 0.467 e. The Hall–Kier alpha value is -3.35. The molecule has 1 fully saturated rings. The fourth-order valence-corrected chi connectivity index (χ4v) is 3.69. The van der Waals surface area contributed by atoms with Gasteiger partial charge in [-0.3, -0.25) is 4.79 Å². The average Bonchev–Trinajstić information content (AvgIpc) is 3.08. The Bertz CT molecular complexity index is 887. The highest BCUT2D eigenvalue weighted by atomic mass is 16.5. The molecule has 2 aromatic carbocycles. The first kappa shape index (κ1) is 21.4. The molecule has 1 heterocycles. The predicted octanol–water partition coefficient (Wildman–Crippen LogP) is 2.69. The lowest BCUT2D eigenvalue weighted by atomic mass is 9.89. The molecule has 7 heteroatoms. The summed E-state index contributed by atoms with van der Waals surface area (Å²) in [6.45, 7) is 2.06. The van der Waals surface area contributed by atoms with E-state index < -0.39 is 23.6 Å². The minimum Gasteiger partial charge on any atom is -0.467 e. The van der Waals surface area contributed by atoms with Crippen LogP contribution in [0, 0.1) is 0 Å². The van der Waals surface area contributed by atoms with Crippen LogP contribution in [0.1, 0.15) is 24.5 Å². The maximum absolute atomic E-state index is 13.4. The van der Waals surface area contributed by atoms with Crippen molar-refractivity contribution >= 4 is 18.0 Å². The Morgan fingerprint density at radius 3 is 2.27 bits per heavy atom. The van der Waals surface area contributed by atoms with Crippen molar-refractivity contribution in [3.63, 3.8) is 0 Å². The number of nitrogens with one attached hydrogen (secondary N) is 1. The van der Waals surface area contributed by atoms with Gasteiger partial charge >= 0.3 is 12.1 Å². The van der Waals surface area contributed by atoms with Gasteiger partial charge in [-0.25, -0.2) is 9.59 Å². The molecular weight excluding hydrogens is 384 g/mol. The van der Waals surface area contributed by atoms with Crippen molar-refractivity contribution in [2.24, 2.45) is 0 Å². The molecule has 0 aromatic heterocycles. The van der Waals surface area contributed by atoms with Crippen LogP contribution >= 0.6 is 0 Å². The van der Waals surface area contributed by atoms with Crippen molar-refractivity contribution in [2.45, 2.75) is 38.0 Å². The fraction of sp³-hybridized carbons (Fsp3) is 0.348. The summed E-state index contributed by atoms with van der Waals surface area (Å²) in [6, 6.07) is 18.0. The molecule has 0 bridgehead atoms. The van der Waals surface area contributed by atoms with Gasteiger partial charge in [0.2, 0.25) is 5.91 Å². The van der Waals surface area contributed by atoms with Crippen LogP contribution in [0.15, 0.2) is 60.7 Å². The summed E-state index contributed by atoms with van der Waals surface area (Å²) in [5, 5.41) is 2.80. The number of likely N-dealkylation sites (tertiary alicyclic amines) is 1. The van der Waals surface area contributed by atoms with Gasteiger partial charge in [-0.05, 0) is 24.5 Å². The molecule has 1 aliphatic rings. The molecular formula is C23H26N2O5. The first-order valence-electron chi connectivity index (χ1n) is 9.87. The Morgan fingerprint density at radius 2 is 1.67 bits per heavy atom. The summed E-state index contributed by atoms with van der Waals surface area (Å²) in [5.74, 6) is -0.813. The normalized spacial score (nSPS) is 19.3. The first-order valence-corrected chi connectivity index (χ1v) is 9.87. The maximum atomic E-state index is 13.4. The standard InChI is InChI=1S/C23H26N2O5/c1-17(20(26)29-2)25-14-13-23(21(25)27,15-18-9-5-3-6-10-18)24-22(28)30-16-19-11-7-4-8-12-19/h3-12,17H,13-16H2,1-2H3,(H,24,28)/t17-,23+/m0/s1. The van der Waals surface area contributed by atoms with E-state index in [1.807, 2.05) is 60.7 Å². The number of ether oxygens (including phenoxy) is 2. The number of benzene rings is 2. The van der Waals surface area contributed by atoms with Crippen molar-refractivity contribution < 1.29 is 23.9 Å². The molecule has 0 radical (unpaired) electrons. The Kier molecular flexibility index (Phi) is 6.72. The summed E-state index contributed by atoms with van der Waals surface area (Å²) in [6.07, 6.45) is -0.00397. The van der Waals surface area contributed by atoms with Gasteiger partial charge in [0.05, 0.1) is 7.11 Å². The van der Waals surface area contributed by atoms with Gasteiger partial charge in [0.15, 0.2) is 0 Å². The number of hydrogen-bond acceptors (Lipinski definition) is 5. The van der Waals surface area contributed by atoms with Crippen LogP contribution in [0.4, 0.5) is 4.79 Å². The Balaban J connectivity index is 1.77. The molecule has 0 unspecified atom stereocenters. The number of alkyl carbamates (subject to hydrolysis) is 1. The van der Waals surface area contributed by atoms with E-state index in [2.05, 4.69) is 5.32 Å². The van der Waals surface area contributed by atoms with Crippen LogP contribution < -0.4 is 5.32 Å². The van der Waals surface area contributed by atoms with E-state index in [4.69, 9.17) is 9.47 Å².